The number of hydrogen-bond donors (Lipinski definition) is 2. The van der Waals surface area contributed by atoms with Gasteiger partial charge >= 0.3 is 0 Å². The SMILES string of the molecule is C[C@H]1C[C@@H](/C=C/O[C@@H](C(=O)N(C)C)[C@@H](O)C(=O)N(C)C)[C@@](C)(O)C1. The van der Waals surface area contributed by atoms with Gasteiger partial charge in [0, 0.05) is 34.1 Å². The maximum absolute atomic E-state index is 12.2. The molecule has 0 unspecified atom stereocenters. The van der Waals surface area contributed by atoms with Gasteiger partial charge in [0.05, 0.1) is 11.9 Å². The lowest BCUT2D eigenvalue weighted by molar-refractivity contribution is -0.155. The van der Waals surface area contributed by atoms with E-state index in [0.717, 1.165) is 6.42 Å². The molecule has 7 nitrogen and oxygen atoms in total. The molecule has 0 aromatic rings. The summed E-state index contributed by atoms with van der Waals surface area (Å²) in [5.74, 6) is -0.807. The Balaban J connectivity index is 2.84. The number of likely N-dealkylation sites (N-methyl/N-ethyl adjacent to an activating group) is 2. The molecule has 0 aromatic heterocycles. The highest BCUT2D eigenvalue weighted by molar-refractivity contribution is 5.90. The van der Waals surface area contributed by atoms with Gasteiger partial charge in [-0.2, -0.15) is 0 Å². The minimum atomic E-state index is -1.59. The number of aliphatic hydroxyl groups is 2. The average Bonchev–Trinajstić information content (AvgIpc) is 2.73. The fraction of sp³-hybridized carbons (Fsp3) is 0.765. The first-order valence-corrected chi connectivity index (χ1v) is 8.12. The summed E-state index contributed by atoms with van der Waals surface area (Å²) in [7, 11) is 6.04. The Morgan fingerprint density at radius 2 is 1.75 bits per heavy atom. The van der Waals surface area contributed by atoms with Gasteiger partial charge in [-0.15, -0.1) is 0 Å². The molecule has 5 atom stereocenters. The van der Waals surface area contributed by atoms with E-state index in [0.29, 0.717) is 12.3 Å². The van der Waals surface area contributed by atoms with Crippen LogP contribution in [0.25, 0.3) is 0 Å². The second-order valence-electron chi connectivity index (χ2n) is 7.30. The van der Waals surface area contributed by atoms with Crippen molar-refractivity contribution in [2.24, 2.45) is 11.8 Å². The molecular formula is C17H30N2O5. The molecule has 1 rings (SSSR count). The number of aliphatic hydroxyl groups excluding tert-OH is 1. The molecule has 0 spiro atoms. The minimum absolute atomic E-state index is 0.0932. The van der Waals surface area contributed by atoms with Crippen molar-refractivity contribution in [1.29, 1.82) is 0 Å². The third-order valence-electron chi connectivity index (χ3n) is 4.42. The minimum Gasteiger partial charge on any atom is -0.485 e. The van der Waals surface area contributed by atoms with Crippen LogP contribution in [0.15, 0.2) is 12.3 Å². The van der Waals surface area contributed by atoms with Crippen molar-refractivity contribution in [3.05, 3.63) is 12.3 Å². The maximum atomic E-state index is 12.2. The maximum Gasteiger partial charge on any atom is 0.266 e. The monoisotopic (exact) mass is 342 g/mol. The van der Waals surface area contributed by atoms with Crippen molar-refractivity contribution in [2.75, 3.05) is 28.2 Å². The molecule has 2 amide bonds. The normalized spacial score (nSPS) is 29.3. The van der Waals surface area contributed by atoms with Crippen LogP contribution in [-0.4, -0.2) is 77.8 Å². The molecule has 24 heavy (non-hydrogen) atoms. The average molecular weight is 342 g/mol. The third-order valence-corrected chi connectivity index (χ3v) is 4.42. The van der Waals surface area contributed by atoms with Crippen LogP contribution in [0.4, 0.5) is 0 Å². The molecule has 0 aliphatic heterocycles. The van der Waals surface area contributed by atoms with Gasteiger partial charge in [-0.05, 0) is 31.8 Å². The third kappa shape index (κ3) is 4.95. The van der Waals surface area contributed by atoms with Gasteiger partial charge in [-0.1, -0.05) is 6.92 Å². The summed E-state index contributed by atoms with van der Waals surface area (Å²) in [5, 5.41) is 20.5. The smallest absolute Gasteiger partial charge is 0.266 e. The Morgan fingerprint density at radius 3 is 2.17 bits per heavy atom. The Kier molecular flexibility index (Phi) is 6.80. The van der Waals surface area contributed by atoms with Crippen LogP contribution in [0.3, 0.4) is 0 Å². The number of carbonyl (C=O) groups is 2. The van der Waals surface area contributed by atoms with Crippen LogP contribution >= 0.6 is 0 Å². The highest BCUT2D eigenvalue weighted by atomic mass is 16.5. The molecule has 0 saturated heterocycles. The van der Waals surface area contributed by atoms with Crippen LogP contribution in [0.5, 0.6) is 0 Å². The Morgan fingerprint density at radius 1 is 1.21 bits per heavy atom. The lowest BCUT2D eigenvalue weighted by Crippen LogP contribution is -2.49. The van der Waals surface area contributed by atoms with Crippen molar-refractivity contribution in [3.63, 3.8) is 0 Å². The van der Waals surface area contributed by atoms with E-state index in [1.807, 2.05) is 0 Å². The van der Waals surface area contributed by atoms with Crippen LogP contribution in [-0.2, 0) is 14.3 Å². The molecule has 2 N–H and O–H groups in total. The zero-order valence-corrected chi connectivity index (χ0v) is 15.4. The van der Waals surface area contributed by atoms with E-state index in [-0.39, 0.29) is 5.92 Å². The standard InChI is InChI=1S/C17H30N2O5/c1-11-9-12(17(2,23)10-11)7-8-24-14(16(22)19(5)6)13(20)15(21)18(3)4/h7-8,11-14,20,23H,9-10H2,1-6H3/b8-7+/t11-,12+,13+,14+,17-/m0/s1. The van der Waals surface area contributed by atoms with Gasteiger partial charge in [0.1, 0.15) is 0 Å². The molecule has 1 aliphatic carbocycles. The molecule has 1 saturated carbocycles. The summed E-state index contributed by atoms with van der Waals surface area (Å²) in [6.45, 7) is 3.85. The van der Waals surface area contributed by atoms with Gasteiger partial charge in [0.2, 0.25) is 6.10 Å². The van der Waals surface area contributed by atoms with Crippen molar-refractivity contribution >= 4 is 11.8 Å². The van der Waals surface area contributed by atoms with E-state index in [2.05, 4.69) is 6.92 Å². The van der Waals surface area contributed by atoms with Crippen LogP contribution in [0, 0.1) is 11.8 Å². The van der Waals surface area contributed by atoms with Crippen LogP contribution in [0.1, 0.15) is 26.7 Å². The fourth-order valence-corrected chi connectivity index (χ4v) is 3.05. The Bertz CT molecular complexity index is 487. The van der Waals surface area contributed by atoms with Crippen LogP contribution < -0.4 is 0 Å². The lowest BCUT2D eigenvalue weighted by atomic mass is 9.93. The van der Waals surface area contributed by atoms with Gasteiger partial charge in [-0.3, -0.25) is 9.59 Å². The summed E-state index contributed by atoms with van der Waals surface area (Å²) in [5.41, 5.74) is -0.821. The van der Waals surface area contributed by atoms with Gasteiger partial charge in [0.25, 0.3) is 11.8 Å². The highest BCUT2D eigenvalue weighted by Gasteiger charge is 2.39. The summed E-state index contributed by atoms with van der Waals surface area (Å²) in [6.07, 6.45) is 1.61. The van der Waals surface area contributed by atoms with E-state index >= 15 is 0 Å². The molecule has 0 bridgehead atoms. The van der Waals surface area contributed by atoms with Crippen molar-refractivity contribution in [3.8, 4) is 0 Å². The zero-order valence-electron chi connectivity index (χ0n) is 15.4. The lowest BCUT2D eigenvalue weighted by Gasteiger charge is -2.26. The van der Waals surface area contributed by atoms with E-state index in [9.17, 15) is 19.8 Å². The van der Waals surface area contributed by atoms with Crippen molar-refractivity contribution in [1.82, 2.24) is 9.80 Å². The summed E-state index contributed by atoms with van der Waals surface area (Å²) in [6, 6.07) is 0. The highest BCUT2D eigenvalue weighted by Crippen LogP contribution is 2.40. The summed E-state index contributed by atoms with van der Waals surface area (Å²) < 4.78 is 5.41. The summed E-state index contributed by atoms with van der Waals surface area (Å²) >= 11 is 0. The molecule has 0 radical (unpaired) electrons. The number of amides is 2. The van der Waals surface area contributed by atoms with Gasteiger partial charge in [-0.25, -0.2) is 0 Å². The zero-order chi connectivity index (χ0) is 18.7. The molecule has 7 heteroatoms. The first-order valence-electron chi connectivity index (χ1n) is 8.12. The predicted molar refractivity (Wildman–Crippen MR) is 89.9 cm³/mol. The molecule has 138 valence electrons. The second kappa shape index (κ2) is 7.98. The van der Waals surface area contributed by atoms with Crippen LogP contribution in [0.2, 0.25) is 0 Å². The summed E-state index contributed by atoms with van der Waals surface area (Å²) in [4.78, 5) is 26.6. The molecule has 1 fully saturated rings. The largest absolute Gasteiger partial charge is 0.485 e. The van der Waals surface area contributed by atoms with E-state index in [4.69, 9.17) is 4.74 Å². The second-order valence-corrected chi connectivity index (χ2v) is 7.30. The predicted octanol–water partition coefficient (Wildman–Crippen LogP) is 0.220. The molecule has 0 aromatic carbocycles. The number of hydrogen-bond acceptors (Lipinski definition) is 5. The number of rotatable bonds is 6. The van der Waals surface area contributed by atoms with E-state index < -0.39 is 29.6 Å². The van der Waals surface area contributed by atoms with Crippen molar-refractivity contribution < 1.29 is 24.5 Å². The molecular weight excluding hydrogens is 312 g/mol. The fourth-order valence-electron chi connectivity index (χ4n) is 3.05. The Hall–Kier alpha value is -1.60. The number of ether oxygens (including phenoxy) is 1. The Labute approximate surface area is 143 Å². The van der Waals surface area contributed by atoms with E-state index in [1.165, 1.54) is 44.3 Å². The molecule has 0 heterocycles. The quantitative estimate of drug-likeness (QED) is 0.674. The topological polar surface area (TPSA) is 90.3 Å². The first-order chi connectivity index (χ1) is 11.0. The van der Waals surface area contributed by atoms with Crippen molar-refractivity contribution in [2.45, 2.75) is 44.5 Å². The van der Waals surface area contributed by atoms with E-state index in [1.54, 1.807) is 13.0 Å². The van der Waals surface area contributed by atoms with Gasteiger partial charge in [0.15, 0.2) is 6.10 Å². The number of nitrogens with zero attached hydrogens (tertiary/aromatic N) is 2. The first kappa shape index (κ1) is 20.4. The number of carbonyl (C=O) groups excluding carboxylic acids is 2. The molecule has 1 aliphatic rings. The van der Waals surface area contributed by atoms with Gasteiger partial charge < -0.3 is 24.7 Å².